The van der Waals surface area contributed by atoms with Crippen molar-refractivity contribution in [3.63, 3.8) is 0 Å². The first-order valence-electron chi connectivity index (χ1n) is 5.10. The third-order valence-corrected chi connectivity index (χ3v) is 5.04. The summed E-state index contributed by atoms with van der Waals surface area (Å²) in [7, 11) is -3.33. The normalized spacial score (nSPS) is 15.1. The molecule has 0 spiro atoms. The van der Waals surface area contributed by atoms with Crippen molar-refractivity contribution < 1.29 is 13.5 Å². The van der Waals surface area contributed by atoms with E-state index in [1.165, 1.54) is 20.0 Å². The van der Waals surface area contributed by atoms with Crippen molar-refractivity contribution in [3.8, 4) is 0 Å². The zero-order valence-electron chi connectivity index (χ0n) is 10.0. The van der Waals surface area contributed by atoms with Crippen LogP contribution in [0.1, 0.15) is 32.4 Å². The van der Waals surface area contributed by atoms with Crippen molar-refractivity contribution in [2.24, 2.45) is 0 Å². The van der Waals surface area contributed by atoms with Crippen molar-refractivity contribution >= 4 is 9.84 Å². The molecule has 92 valence electrons. The summed E-state index contributed by atoms with van der Waals surface area (Å²) in [5.74, 6) is 0. The fraction of sp³-hybridized carbons (Fsp3) is 0.700. The van der Waals surface area contributed by atoms with Crippen LogP contribution in [0, 0.1) is 0 Å². The van der Waals surface area contributed by atoms with Crippen LogP contribution in [0.4, 0.5) is 0 Å². The van der Waals surface area contributed by atoms with Crippen LogP contribution in [-0.2, 0) is 16.4 Å². The molecule has 1 aromatic rings. The number of sulfone groups is 1. The molecular weight excluding hydrogens is 228 g/mol. The van der Waals surface area contributed by atoms with Gasteiger partial charge in [-0.1, -0.05) is 0 Å². The van der Waals surface area contributed by atoms with E-state index in [1.54, 1.807) is 10.9 Å². The van der Waals surface area contributed by atoms with Crippen molar-refractivity contribution in [3.05, 3.63) is 18.0 Å². The lowest BCUT2D eigenvalue weighted by atomic mass is 10.0. The number of aromatic nitrogens is 2. The summed E-state index contributed by atoms with van der Waals surface area (Å²) in [5, 5.41) is 14.1. The lowest BCUT2D eigenvalue weighted by molar-refractivity contribution is 0.139. The van der Waals surface area contributed by atoms with Gasteiger partial charge in [-0.25, -0.2) is 8.42 Å². The summed E-state index contributed by atoms with van der Waals surface area (Å²) >= 11 is 0. The molecule has 0 aliphatic carbocycles. The topological polar surface area (TPSA) is 72.2 Å². The number of aliphatic hydroxyl groups excluding tert-OH is 1. The lowest BCUT2D eigenvalue weighted by Crippen LogP contribution is -2.37. The van der Waals surface area contributed by atoms with E-state index in [0.717, 1.165) is 6.26 Å². The number of aliphatic hydroxyl groups is 1. The molecule has 0 fully saturated rings. The zero-order chi connectivity index (χ0) is 12.6. The van der Waals surface area contributed by atoms with Gasteiger partial charge in [0, 0.05) is 24.6 Å². The Morgan fingerprint density at radius 1 is 1.56 bits per heavy atom. The molecule has 1 aromatic heterocycles. The van der Waals surface area contributed by atoms with Gasteiger partial charge in [-0.05, 0) is 20.8 Å². The Kier molecular flexibility index (Phi) is 3.44. The van der Waals surface area contributed by atoms with Crippen molar-refractivity contribution in [1.29, 1.82) is 0 Å². The molecule has 1 heterocycles. The maximum absolute atomic E-state index is 11.6. The first-order valence-corrected chi connectivity index (χ1v) is 6.99. The number of rotatable bonds is 4. The second kappa shape index (κ2) is 4.18. The standard InChI is InChI=1S/C10H18N2O3S/c1-5-12-7-8(6-11-12)9(13)10(2,3)16(4,14)15/h6-7,9,13H,5H2,1-4H3. The summed E-state index contributed by atoms with van der Waals surface area (Å²) in [6.45, 7) is 5.63. The van der Waals surface area contributed by atoms with Gasteiger partial charge in [-0.3, -0.25) is 4.68 Å². The molecule has 0 radical (unpaired) electrons. The van der Waals surface area contributed by atoms with E-state index in [2.05, 4.69) is 5.10 Å². The van der Waals surface area contributed by atoms with Gasteiger partial charge in [0.25, 0.3) is 0 Å². The maximum atomic E-state index is 11.6. The first kappa shape index (κ1) is 13.2. The van der Waals surface area contributed by atoms with Gasteiger partial charge >= 0.3 is 0 Å². The van der Waals surface area contributed by atoms with Crippen molar-refractivity contribution in [2.45, 2.75) is 38.2 Å². The summed E-state index contributed by atoms with van der Waals surface area (Å²) in [6.07, 6.45) is 3.22. The van der Waals surface area contributed by atoms with E-state index in [9.17, 15) is 13.5 Å². The Labute approximate surface area is 96.0 Å². The predicted octanol–water partition coefficient (Wildman–Crippen LogP) is 0.760. The van der Waals surface area contributed by atoms with E-state index in [-0.39, 0.29) is 0 Å². The molecule has 0 aliphatic heterocycles. The molecule has 1 rings (SSSR count). The highest BCUT2D eigenvalue weighted by Gasteiger charge is 2.39. The monoisotopic (exact) mass is 246 g/mol. The minimum atomic E-state index is -3.33. The second-order valence-electron chi connectivity index (χ2n) is 4.41. The van der Waals surface area contributed by atoms with Crippen LogP contribution in [0.25, 0.3) is 0 Å². The zero-order valence-corrected chi connectivity index (χ0v) is 10.8. The third-order valence-electron chi connectivity index (χ3n) is 2.91. The highest BCUT2D eigenvalue weighted by molar-refractivity contribution is 7.92. The SMILES string of the molecule is CCn1cc(C(O)C(C)(C)S(C)(=O)=O)cn1. The van der Waals surface area contributed by atoms with Gasteiger partial charge in [-0.2, -0.15) is 5.10 Å². The van der Waals surface area contributed by atoms with Crippen LogP contribution in [0.2, 0.25) is 0 Å². The van der Waals surface area contributed by atoms with Crippen molar-refractivity contribution in [1.82, 2.24) is 9.78 Å². The molecule has 0 saturated carbocycles. The first-order chi connectivity index (χ1) is 7.20. The van der Waals surface area contributed by atoms with E-state index in [1.807, 2.05) is 6.92 Å². The van der Waals surface area contributed by atoms with Gasteiger partial charge < -0.3 is 5.11 Å². The number of nitrogens with zero attached hydrogens (tertiary/aromatic N) is 2. The smallest absolute Gasteiger partial charge is 0.155 e. The average Bonchev–Trinajstić information content (AvgIpc) is 2.62. The Bertz CT molecular complexity index is 462. The number of hydrogen-bond donors (Lipinski definition) is 1. The van der Waals surface area contributed by atoms with E-state index in [0.29, 0.717) is 12.1 Å². The van der Waals surface area contributed by atoms with E-state index in [4.69, 9.17) is 0 Å². The van der Waals surface area contributed by atoms with E-state index >= 15 is 0 Å². The fourth-order valence-corrected chi connectivity index (χ4v) is 1.84. The predicted molar refractivity (Wildman–Crippen MR) is 61.8 cm³/mol. The van der Waals surface area contributed by atoms with Crippen LogP contribution >= 0.6 is 0 Å². The highest BCUT2D eigenvalue weighted by atomic mass is 32.2. The molecule has 16 heavy (non-hydrogen) atoms. The van der Waals surface area contributed by atoms with Gasteiger partial charge in [0.15, 0.2) is 9.84 Å². The molecule has 0 saturated heterocycles. The Balaban J connectivity index is 3.06. The second-order valence-corrected chi connectivity index (χ2v) is 7.00. The van der Waals surface area contributed by atoms with Gasteiger partial charge in [0.2, 0.25) is 0 Å². The van der Waals surface area contributed by atoms with Crippen molar-refractivity contribution in [2.75, 3.05) is 6.26 Å². The Hall–Kier alpha value is -0.880. The highest BCUT2D eigenvalue weighted by Crippen LogP contribution is 2.31. The van der Waals surface area contributed by atoms with Gasteiger partial charge in [0.05, 0.1) is 10.9 Å². The van der Waals surface area contributed by atoms with Crippen LogP contribution < -0.4 is 0 Å². The molecular formula is C10H18N2O3S. The summed E-state index contributed by atoms with van der Waals surface area (Å²) in [4.78, 5) is 0. The minimum absolute atomic E-state index is 0.525. The molecule has 0 amide bonds. The minimum Gasteiger partial charge on any atom is -0.387 e. The number of hydrogen-bond acceptors (Lipinski definition) is 4. The van der Waals surface area contributed by atoms with Crippen LogP contribution in [0.5, 0.6) is 0 Å². The third kappa shape index (κ3) is 2.27. The van der Waals surface area contributed by atoms with E-state index < -0.39 is 20.7 Å². The summed E-state index contributed by atoms with van der Waals surface area (Å²) < 4.78 is 23.5. The molecule has 1 atom stereocenters. The molecule has 0 bridgehead atoms. The quantitative estimate of drug-likeness (QED) is 0.851. The van der Waals surface area contributed by atoms with Gasteiger partial charge in [0.1, 0.15) is 6.10 Å². The Morgan fingerprint density at radius 3 is 2.50 bits per heavy atom. The number of aryl methyl sites for hydroxylation is 1. The molecule has 0 aliphatic rings. The Morgan fingerprint density at radius 2 is 2.12 bits per heavy atom. The largest absolute Gasteiger partial charge is 0.387 e. The van der Waals surface area contributed by atoms with Crippen LogP contribution in [0.15, 0.2) is 12.4 Å². The fourth-order valence-electron chi connectivity index (χ4n) is 1.30. The summed E-state index contributed by atoms with van der Waals surface area (Å²) in [5.41, 5.74) is 0.525. The molecule has 1 N–H and O–H groups in total. The molecule has 0 aromatic carbocycles. The van der Waals surface area contributed by atoms with Crippen LogP contribution in [-0.4, -0.2) is 34.3 Å². The molecule has 5 nitrogen and oxygen atoms in total. The maximum Gasteiger partial charge on any atom is 0.155 e. The average molecular weight is 246 g/mol. The summed E-state index contributed by atoms with van der Waals surface area (Å²) in [6, 6.07) is 0. The van der Waals surface area contributed by atoms with Gasteiger partial charge in [-0.15, -0.1) is 0 Å². The molecule has 6 heteroatoms. The van der Waals surface area contributed by atoms with Crippen LogP contribution in [0.3, 0.4) is 0 Å². The molecule has 1 unspecified atom stereocenters. The lowest BCUT2D eigenvalue weighted by Gasteiger charge is -2.27.